The van der Waals surface area contributed by atoms with Crippen LogP contribution in [-0.4, -0.2) is 12.6 Å². The van der Waals surface area contributed by atoms with E-state index in [-0.39, 0.29) is 0 Å². The molecule has 1 atom stereocenters. The van der Waals surface area contributed by atoms with Crippen molar-refractivity contribution in [3.63, 3.8) is 0 Å². The monoisotopic (exact) mass is 202 g/mol. The van der Waals surface area contributed by atoms with Gasteiger partial charge in [-0.1, -0.05) is 12.1 Å². The zero-order valence-electron chi connectivity index (χ0n) is 9.00. The van der Waals surface area contributed by atoms with Gasteiger partial charge < -0.3 is 11.1 Å². The van der Waals surface area contributed by atoms with E-state index in [1.54, 1.807) is 0 Å². The quantitative estimate of drug-likeness (QED) is 0.736. The first-order chi connectivity index (χ1) is 7.34. The highest BCUT2D eigenvalue weighted by Crippen LogP contribution is 2.36. The summed E-state index contributed by atoms with van der Waals surface area (Å²) in [6.45, 7) is 1.14. The Labute approximate surface area is 90.9 Å². The Bertz CT molecular complexity index is 369. The lowest BCUT2D eigenvalue weighted by molar-refractivity contribution is 0.576. The molecule has 1 saturated carbocycles. The van der Waals surface area contributed by atoms with Gasteiger partial charge in [-0.25, -0.2) is 0 Å². The average molecular weight is 202 g/mol. The highest BCUT2D eigenvalue weighted by atomic mass is 14.9. The van der Waals surface area contributed by atoms with E-state index in [2.05, 4.69) is 17.4 Å². The molecule has 3 N–H and O–H groups in total. The van der Waals surface area contributed by atoms with Gasteiger partial charge in [0.2, 0.25) is 0 Å². The Balaban J connectivity index is 1.75. The van der Waals surface area contributed by atoms with E-state index >= 15 is 0 Å². The van der Waals surface area contributed by atoms with Gasteiger partial charge in [-0.3, -0.25) is 0 Å². The highest BCUT2D eigenvalue weighted by Gasteiger charge is 2.26. The van der Waals surface area contributed by atoms with Crippen LogP contribution in [0.2, 0.25) is 0 Å². The van der Waals surface area contributed by atoms with Crippen molar-refractivity contribution in [2.45, 2.75) is 37.6 Å². The van der Waals surface area contributed by atoms with Gasteiger partial charge in [0.05, 0.1) is 0 Å². The molecule has 1 aromatic rings. The van der Waals surface area contributed by atoms with Crippen LogP contribution in [0.5, 0.6) is 0 Å². The Morgan fingerprint density at radius 3 is 2.93 bits per heavy atom. The third kappa shape index (κ3) is 1.74. The first kappa shape index (κ1) is 9.22. The maximum atomic E-state index is 5.98. The van der Waals surface area contributed by atoms with Crippen molar-refractivity contribution < 1.29 is 0 Å². The molecule has 1 aromatic carbocycles. The Hall–Kier alpha value is -1.02. The Morgan fingerprint density at radius 2 is 2.13 bits per heavy atom. The van der Waals surface area contributed by atoms with E-state index in [9.17, 15) is 0 Å². The number of rotatable bonds is 3. The van der Waals surface area contributed by atoms with Gasteiger partial charge in [0.1, 0.15) is 0 Å². The molecule has 0 radical (unpaired) electrons. The molecule has 0 aliphatic heterocycles. The lowest BCUT2D eigenvalue weighted by Gasteiger charge is -2.12. The predicted molar refractivity (Wildman–Crippen MR) is 62.9 cm³/mol. The number of anilines is 1. The van der Waals surface area contributed by atoms with Crippen molar-refractivity contribution in [1.29, 1.82) is 0 Å². The van der Waals surface area contributed by atoms with E-state index in [1.807, 2.05) is 6.07 Å². The normalized spacial score (nSPS) is 24.1. The molecule has 15 heavy (non-hydrogen) atoms. The van der Waals surface area contributed by atoms with Crippen molar-refractivity contribution in [3.05, 3.63) is 29.3 Å². The van der Waals surface area contributed by atoms with Gasteiger partial charge in [-0.15, -0.1) is 0 Å². The minimum atomic E-state index is 0.698. The second-order valence-corrected chi connectivity index (χ2v) is 4.83. The molecule has 2 aliphatic rings. The Kier molecular flexibility index (Phi) is 2.17. The topological polar surface area (TPSA) is 38.0 Å². The first-order valence-electron chi connectivity index (χ1n) is 5.95. The van der Waals surface area contributed by atoms with Crippen LogP contribution >= 0.6 is 0 Å². The number of nitrogens with one attached hydrogen (secondary N) is 1. The molecule has 3 rings (SSSR count). The first-order valence-corrected chi connectivity index (χ1v) is 5.95. The molecule has 2 heteroatoms. The minimum absolute atomic E-state index is 0.698. The molecule has 0 amide bonds. The number of nitrogens with two attached hydrogens (primary N) is 1. The van der Waals surface area contributed by atoms with Crippen LogP contribution in [0.3, 0.4) is 0 Å². The molecule has 1 unspecified atom stereocenters. The smallest absolute Gasteiger partial charge is 0.0349 e. The summed E-state index contributed by atoms with van der Waals surface area (Å²) < 4.78 is 0. The van der Waals surface area contributed by atoms with Crippen LogP contribution in [0.4, 0.5) is 5.69 Å². The van der Waals surface area contributed by atoms with Crippen molar-refractivity contribution in [2.75, 3.05) is 12.3 Å². The van der Waals surface area contributed by atoms with Gasteiger partial charge in [0.25, 0.3) is 0 Å². The number of fused-ring (bicyclic) bond motifs is 1. The minimum Gasteiger partial charge on any atom is -0.398 e. The van der Waals surface area contributed by atoms with E-state index in [4.69, 9.17) is 5.73 Å². The second kappa shape index (κ2) is 3.53. The zero-order valence-corrected chi connectivity index (χ0v) is 9.00. The summed E-state index contributed by atoms with van der Waals surface area (Å²) in [6, 6.07) is 7.17. The number of hydrogen-bond acceptors (Lipinski definition) is 2. The van der Waals surface area contributed by atoms with Crippen molar-refractivity contribution >= 4 is 5.69 Å². The van der Waals surface area contributed by atoms with Gasteiger partial charge >= 0.3 is 0 Å². The highest BCUT2D eigenvalue weighted by molar-refractivity contribution is 5.54. The van der Waals surface area contributed by atoms with E-state index in [0.717, 1.165) is 18.3 Å². The summed E-state index contributed by atoms with van der Waals surface area (Å²) in [6.07, 6.45) is 5.18. The van der Waals surface area contributed by atoms with Crippen LogP contribution in [0, 0.1) is 0 Å². The summed E-state index contributed by atoms with van der Waals surface area (Å²) in [5, 5.41) is 3.62. The Morgan fingerprint density at radius 1 is 1.27 bits per heavy atom. The number of hydrogen-bond donors (Lipinski definition) is 2. The fraction of sp³-hybridized carbons (Fsp3) is 0.538. The summed E-state index contributed by atoms with van der Waals surface area (Å²) >= 11 is 0. The predicted octanol–water partition coefficient (Wildman–Crippen LogP) is 2.05. The van der Waals surface area contributed by atoms with Crippen molar-refractivity contribution in [1.82, 2.24) is 5.32 Å². The van der Waals surface area contributed by atoms with Crippen molar-refractivity contribution in [2.24, 2.45) is 0 Å². The lowest BCUT2D eigenvalue weighted by Crippen LogP contribution is -2.22. The molecule has 1 fully saturated rings. The molecule has 0 bridgehead atoms. The van der Waals surface area contributed by atoms with E-state index in [0.29, 0.717) is 5.92 Å². The van der Waals surface area contributed by atoms with Gasteiger partial charge in [-0.2, -0.15) is 0 Å². The van der Waals surface area contributed by atoms with E-state index in [1.165, 1.54) is 36.8 Å². The summed E-state index contributed by atoms with van der Waals surface area (Å²) in [4.78, 5) is 0. The summed E-state index contributed by atoms with van der Waals surface area (Å²) in [5.74, 6) is 0.698. The molecule has 80 valence electrons. The lowest BCUT2D eigenvalue weighted by atomic mass is 10.0. The van der Waals surface area contributed by atoms with Crippen LogP contribution in [0.25, 0.3) is 0 Å². The fourth-order valence-electron chi connectivity index (χ4n) is 2.58. The van der Waals surface area contributed by atoms with Gasteiger partial charge in [0, 0.05) is 18.3 Å². The summed E-state index contributed by atoms with van der Waals surface area (Å²) in [5.41, 5.74) is 9.86. The average Bonchev–Trinajstić information content (AvgIpc) is 2.97. The maximum absolute atomic E-state index is 5.98. The van der Waals surface area contributed by atoms with Gasteiger partial charge in [0.15, 0.2) is 0 Å². The number of benzene rings is 1. The van der Waals surface area contributed by atoms with Crippen LogP contribution < -0.4 is 11.1 Å². The molecule has 2 nitrogen and oxygen atoms in total. The molecule has 0 spiro atoms. The molecule has 0 saturated heterocycles. The summed E-state index contributed by atoms with van der Waals surface area (Å²) in [7, 11) is 0. The standard InChI is InChI=1S/C13H18N2/c14-13-3-1-2-11-9(4-7-12(11)13)8-15-10-5-6-10/h1-3,9-10,15H,4-8,14H2. The number of nitrogen functional groups attached to an aromatic ring is 1. The molecule has 0 aromatic heterocycles. The largest absolute Gasteiger partial charge is 0.398 e. The zero-order chi connectivity index (χ0) is 10.3. The molecule has 2 aliphatic carbocycles. The fourth-order valence-corrected chi connectivity index (χ4v) is 2.58. The molecular weight excluding hydrogens is 184 g/mol. The SMILES string of the molecule is Nc1cccc2c1CCC2CNC1CC1. The molecule has 0 heterocycles. The van der Waals surface area contributed by atoms with Crippen LogP contribution in [-0.2, 0) is 6.42 Å². The second-order valence-electron chi connectivity index (χ2n) is 4.83. The third-order valence-electron chi connectivity index (χ3n) is 3.66. The molecular formula is C13H18N2. The van der Waals surface area contributed by atoms with Crippen LogP contribution in [0.15, 0.2) is 18.2 Å². The van der Waals surface area contributed by atoms with Crippen molar-refractivity contribution in [3.8, 4) is 0 Å². The maximum Gasteiger partial charge on any atom is 0.0349 e. The van der Waals surface area contributed by atoms with Gasteiger partial charge in [-0.05, 0) is 48.8 Å². The third-order valence-corrected chi connectivity index (χ3v) is 3.66. The van der Waals surface area contributed by atoms with Crippen LogP contribution in [0.1, 0.15) is 36.3 Å². The van der Waals surface area contributed by atoms with E-state index < -0.39 is 0 Å².